The Morgan fingerprint density at radius 2 is 1.26 bits per heavy atom. The number of imidazole rings is 1. The summed E-state index contributed by atoms with van der Waals surface area (Å²) < 4.78 is 38.4. The Morgan fingerprint density at radius 1 is 0.826 bits per heavy atom. The highest BCUT2D eigenvalue weighted by Gasteiger charge is 1.99. The van der Waals surface area contributed by atoms with E-state index < -0.39 is 10.2 Å². The molecule has 1 rings (SSSR count). The first-order valence-corrected chi connectivity index (χ1v) is 9.69. The van der Waals surface area contributed by atoms with Crippen LogP contribution >= 0.6 is 0 Å². The number of rotatable bonds is 11. The lowest BCUT2D eigenvalue weighted by Crippen LogP contribution is -2.68. The Balaban J connectivity index is 0.000000841. The van der Waals surface area contributed by atoms with Crippen molar-refractivity contribution in [3.05, 3.63) is 18.7 Å². The molecule has 1 aromatic rings. The van der Waals surface area contributed by atoms with Crippen molar-refractivity contribution in [1.29, 1.82) is 0 Å². The summed E-state index contributed by atoms with van der Waals surface area (Å²) in [5.74, 6) is 0. The summed E-state index contributed by atoms with van der Waals surface area (Å²) >= 11 is 0. The molecule has 23 heavy (non-hydrogen) atoms. The molecule has 0 radical (unpaired) electrons. The summed E-state index contributed by atoms with van der Waals surface area (Å²) in [6, 6.07) is 0. The fraction of sp³-hybridized carbons (Fsp3) is 0.812. The largest absolute Gasteiger partial charge is 0.243 e. The van der Waals surface area contributed by atoms with Gasteiger partial charge in [-0.1, -0.05) is 58.3 Å². The summed E-state index contributed by atoms with van der Waals surface area (Å²) in [6.07, 6.45) is 20.6. The third-order valence-electron chi connectivity index (χ3n) is 3.59. The van der Waals surface area contributed by atoms with Gasteiger partial charge in [-0.3, -0.25) is 0 Å². The molecule has 0 aliphatic heterocycles. The molecule has 6 nitrogen and oxygen atoms in total. The fourth-order valence-corrected chi connectivity index (χ4v) is 2.42. The highest BCUT2D eigenvalue weighted by molar-refractivity contribution is 4.65. The fourth-order valence-electron chi connectivity index (χ4n) is 2.42. The Morgan fingerprint density at radius 3 is 1.65 bits per heavy atom. The third kappa shape index (κ3) is 19.3. The molecule has 0 N–H and O–H groups in total. The van der Waals surface area contributed by atoms with Crippen LogP contribution in [0.3, 0.4) is 0 Å². The standard InChI is InChI=1S/C16H31N2.ClHO4/c1-3-4-5-6-7-8-9-10-11-12-13-18-15-14-17(2)16-18;2-1(3,4)5/h14-16H,3-13H2,1-2H3;(H,2,3,4,5)/q+1;/p-1. The molecule has 0 aromatic carbocycles. The summed E-state index contributed by atoms with van der Waals surface area (Å²) in [5, 5.41) is 0. The summed E-state index contributed by atoms with van der Waals surface area (Å²) in [4.78, 5) is 0. The van der Waals surface area contributed by atoms with E-state index in [9.17, 15) is 0 Å². The Bertz CT molecular complexity index is 374. The zero-order valence-corrected chi connectivity index (χ0v) is 15.2. The van der Waals surface area contributed by atoms with E-state index in [0.29, 0.717) is 0 Å². The predicted molar refractivity (Wildman–Crippen MR) is 77.5 cm³/mol. The minimum absolute atomic E-state index is 1.18. The first-order chi connectivity index (χ1) is 10.8. The molecular weight excluding hydrogens is 320 g/mol. The maximum Gasteiger partial charge on any atom is 0.243 e. The van der Waals surface area contributed by atoms with Crippen LogP contribution in [-0.4, -0.2) is 4.57 Å². The molecule has 1 aromatic heterocycles. The molecule has 0 fully saturated rings. The van der Waals surface area contributed by atoms with Gasteiger partial charge < -0.3 is 0 Å². The van der Waals surface area contributed by atoms with Crippen molar-refractivity contribution in [2.45, 2.75) is 77.7 Å². The zero-order valence-electron chi connectivity index (χ0n) is 14.4. The molecule has 0 atom stereocenters. The lowest BCUT2D eigenvalue weighted by molar-refractivity contribution is -2.00. The van der Waals surface area contributed by atoms with Crippen LogP contribution in [0.2, 0.25) is 0 Å². The number of unbranched alkanes of at least 4 members (excludes halogenated alkanes) is 9. The number of hydrogen-bond acceptors (Lipinski definition) is 4. The summed E-state index contributed by atoms with van der Waals surface area (Å²) in [7, 11) is -2.87. The molecule has 0 aliphatic carbocycles. The van der Waals surface area contributed by atoms with E-state index in [0.717, 1.165) is 0 Å². The smallest absolute Gasteiger partial charge is 0.240 e. The quantitative estimate of drug-likeness (QED) is 0.395. The molecule has 1 heterocycles. The molecule has 0 saturated carbocycles. The highest BCUT2D eigenvalue weighted by Crippen LogP contribution is 2.10. The monoisotopic (exact) mass is 350 g/mol. The molecule has 0 spiro atoms. The van der Waals surface area contributed by atoms with Crippen molar-refractivity contribution in [3.63, 3.8) is 0 Å². The van der Waals surface area contributed by atoms with Gasteiger partial charge in [0.2, 0.25) is 6.33 Å². The molecule has 0 aliphatic rings. The maximum atomic E-state index is 8.49. The van der Waals surface area contributed by atoms with Gasteiger partial charge in [0.25, 0.3) is 0 Å². The van der Waals surface area contributed by atoms with Gasteiger partial charge in [0.15, 0.2) is 0 Å². The Kier molecular flexibility index (Phi) is 13.4. The van der Waals surface area contributed by atoms with Crippen molar-refractivity contribution >= 4 is 0 Å². The van der Waals surface area contributed by atoms with Crippen molar-refractivity contribution in [1.82, 2.24) is 4.57 Å². The second-order valence-electron chi connectivity index (χ2n) is 5.88. The van der Waals surface area contributed by atoms with Crippen molar-refractivity contribution in [3.8, 4) is 0 Å². The molecule has 0 bridgehead atoms. The van der Waals surface area contributed by atoms with Gasteiger partial charge in [-0.05, 0) is 12.8 Å². The van der Waals surface area contributed by atoms with E-state index in [1.54, 1.807) is 0 Å². The van der Waals surface area contributed by atoms with Crippen LogP contribution in [0.4, 0.5) is 0 Å². The molecule has 136 valence electrons. The van der Waals surface area contributed by atoms with Crippen molar-refractivity contribution in [2.24, 2.45) is 7.05 Å². The van der Waals surface area contributed by atoms with Gasteiger partial charge >= 0.3 is 0 Å². The Labute approximate surface area is 142 Å². The van der Waals surface area contributed by atoms with Gasteiger partial charge in [-0.15, -0.1) is 10.2 Å². The second-order valence-corrected chi connectivity index (χ2v) is 6.63. The SMILES string of the molecule is CCCCCCCCCCCCn1cc[n+](C)c1.[O-][Cl+3]([O-])([O-])[O-]. The van der Waals surface area contributed by atoms with Gasteiger partial charge in [0.1, 0.15) is 12.4 Å². The molecule has 7 heteroatoms. The minimum atomic E-state index is -4.94. The molecule has 0 saturated heterocycles. The van der Waals surface area contributed by atoms with Crippen molar-refractivity contribution in [2.75, 3.05) is 0 Å². The van der Waals surface area contributed by atoms with Gasteiger partial charge in [0.05, 0.1) is 13.6 Å². The second kappa shape index (κ2) is 13.7. The Hall–Kier alpha value is -0.660. The summed E-state index contributed by atoms with van der Waals surface area (Å²) in [6.45, 7) is 3.46. The lowest BCUT2D eigenvalue weighted by Gasteiger charge is -2.17. The van der Waals surface area contributed by atoms with E-state index in [1.165, 1.54) is 70.8 Å². The first-order valence-electron chi connectivity index (χ1n) is 8.45. The molecular formula is C16H31ClN2O4. The van der Waals surface area contributed by atoms with E-state index >= 15 is 0 Å². The predicted octanol–water partition coefficient (Wildman–Crippen LogP) is -0.522. The number of halogens is 1. The van der Waals surface area contributed by atoms with Gasteiger partial charge in [-0.25, -0.2) is 27.8 Å². The highest BCUT2D eigenvalue weighted by atomic mass is 35.7. The van der Waals surface area contributed by atoms with E-state index in [2.05, 4.69) is 41.8 Å². The summed E-state index contributed by atoms with van der Waals surface area (Å²) in [5.41, 5.74) is 0. The van der Waals surface area contributed by atoms with Gasteiger partial charge in [-0.2, -0.15) is 0 Å². The van der Waals surface area contributed by atoms with E-state index in [4.69, 9.17) is 18.6 Å². The number of hydrogen-bond donors (Lipinski definition) is 0. The van der Waals surface area contributed by atoms with Crippen LogP contribution in [0.5, 0.6) is 0 Å². The van der Waals surface area contributed by atoms with Crippen LogP contribution in [0, 0.1) is 10.2 Å². The van der Waals surface area contributed by atoms with Crippen LogP contribution in [0.25, 0.3) is 0 Å². The molecule has 0 unspecified atom stereocenters. The van der Waals surface area contributed by atoms with Crippen LogP contribution in [0.1, 0.15) is 71.1 Å². The average Bonchev–Trinajstić information content (AvgIpc) is 2.85. The minimum Gasteiger partial charge on any atom is -0.240 e. The number of aryl methyl sites for hydroxylation is 2. The number of aromatic nitrogens is 2. The first kappa shape index (κ1) is 22.3. The number of nitrogens with zero attached hydrogens (tertiary/aromatic N) is 2. The van der Waals surface area contributed by atoms with Crippen LogP contribution in [0.15, 0.2) is 18.7 Å². The molecule has 0 amide bonds. The van der Waals surface area contributed by atoms with E-state index in [-0.39, 0.29) is 0 Å². The van der Waals surface area contributed by atoms with Crippen LogP contribution in [-0.2, 0) is 13.6 Å². The third-order valence-corrected chi connectivity index (χ3v) is 3.59. The van der Waals surface area contributed by atoms with E-state index in [1.807, 2.05) is 0 Å². The maximum absolute atomic E-state index is 8.49. The van der Waals surface area contributed by atoms with Gasteiger partial charge in [0, 0.05) is 0 Å². The van der Waals surface area contributed by atoms with Crippen LogP contribution < -0.4 is 23.2 Å². The van der Waals surface area contributed by atoms with Crippen molar-refractivity contribution < 1.29 is 33.4 Å². The topological polar surface area (TPSA) is 101 Å². The zero-order chi connectivity index (χ0) is 17.6. The normalized spacial score (nSPS) is 11.2. The lowest BCUT2D eigenvalue weighted by atomic mass is 10.1. The average molecular weight is 351 g/mol.